The van der Waals surface area contributed by atoms with E-state index in [9.17, 15) is 0 Å². The molecule has 270 valence electrons. The molecule has 10 aromatic rings. The zero-order chi connectivity index (χ0) is 37.5. The number of aliphatic imine (C=N–C) groups is 2. The molecule has 0 bridgehead atoms. The molecule has 12 rings (SSSR count). The molecule has 2 aliphatic rings. The summed E-state index contributed by atoms with van der Waals surface area (Å²) in [7, 11) is 0. The molecule has 1 N–H and O–H groups in total. The number of hydrogen-bond donors (Lipinski definition) is 1. The number of aromatic nitrogens is 1. The van der Waals surface area contributed by atoms with Crippen LogP contribution >= 0.6 is 22.7 Å². The van der Waals surface area contributed by atoms with Crippen LogP contribution in [-0.2, 0) is 0 Å². The number of nitrogens with zero attached hydrogens (tertiary/aromatic N) is 3. The minimum absolute atomic E-state index is 0.224. The predicted octanol–water partition coefficient (Wildman–Crippen LogP) is 13.9. The van der Waals surface area contributed by atoms with Crippen molar-refractivity contribution >= 4 is 96.5 Å². The van der Waals surface area contributed by atoms with Crippen LogP contribution in [0.4, 0.5) is 0 Å². The Balaban J connectivity index is 0.958. The molecular weight excluding hydrogens is 733 g/mol. The van der Waals surface area contributed by atoms with E-state index in [1.165, 1.54) is 79.0 Å². The van der Waals surface area contributed by atoms with Gasteiger partial charge in [0.1, 0.15) is 12.0 Å². The van der Waals surface area contributed by atoms with E-state index < -0.39 is 0 Å². The van der Waals surface area contributed by atoms with Gasteiger partial charge in [0, 0.05) is 62.3 Å². The molecule has 0 spiro atoms. The number of thiophene rings is 2. The second-order valence-electron chi connectivity index (χ2n) is 14.8. The number of rotatable bonds is 5. The molecule has 3 aromatic heterocycles. The van der Waals surface area contributed by atoms with E-state index in [1.54, 1.807) is 0 Å². The minimum atomic E-state index is -0.224. The molecule has 6 heteroatoms. The van der Waals surface area contributed by atoms with E-state index in [-0.39, 0.29) is 6.17 Å². The Bertz CT molecular complexity index is 3340. The van der Waals surface area contributed by atoms with Gasteiger partial charge in [-0.15, -0.1) is 22.7 Å². The molecule has 7 aromatic carbocycles. The van der Waals surface area contributed by atoms with Gasteiger partial charge in [0.25, 0.3) is 0 Å². The van der Waals surface area contributed by atoms with Gasteiger partial charge in [-0.2, -0.15) is 0 Å². The van der Waals surface area contributed by atoms with Gasteiger partial charge in [0.05, 0.1) is 16.7 Å². The van der Waals surface area contributed by atoms with Crippen LogP contribution in [0, 0.1) is 0 Å². The van der Waals surface area contributed by atoms with Crippen molar-refractivity contribution in [1.82, 2.24) is 9.88 Å². The Morgan fingerprint density at radius 3 is 1.91 bits per heavy atom. The second kappa shape index (κ2) is 13.0. The van der Waals surface area contributed by atoms with Gasteiger partial charge >= 0.3 is 0 Å². The Morgan fingerprint density at radius 1 is 0.561 bits per heavy atom. The van der Waals surface area contributed by atoms with Crippen molar-refractivity contribution in [2.75, 3.05) is 0 Å². The summed E-state index contributed by atoms with van der Waals surface area (Å²) in [6, 6.07) is 55.3. The SMILES string of the molecule is C1=CC(C2=NC(c3ccccc3)NC(c3cccc4sc5cc(-c6ccc7c(c6)sc6cccc(-n8c9ccccc9c9ccccc98)c67)ccc5c34)=N2)=CCC1. The minimum Gasteiger partial charge on any atom is -0.344 e. The summed E-state index contributed by atoms with van der Waals surface area (Å²) in [4.78, 5) is 10.3. The molecular formula is C51H34N4S2. The van der Waals surface area contributed by atoms with Crippen molar-refractivity contribution in [3.63, 3.8) is 0 Å². The molecule has 0 radical (unpaired) electrons. The number of para-hydroxylation sites is 2. The highest BCUT2D eigenvalue weighted by molar-refractivity contribution is 7.26. The van der Waals surface area contributed by atoms with E-state index in [1.807, 2.05) is 22.7 Å². The molecule has 1 unspecified atom stereocenters. The number of hydrogen-bond acceptors (Lipinski definition) is 5. The van der Waals surface area contributed by atoms with Gasteiger partial charge < -0.3 is 9.88 Å². The molecule has 1 aliphatic heterocycles. The Hall–Kier alpha value is -6.60. The highest BCUT2D eigenvalue weighted by atomic mass is 32.1. The van der Waals surface area contributed by atoms with Gasteiger partial charge in [0.2, 0.25) is 0 Å². The molecule has 1 atom stereocenters. The lowest BCUT2D eigenvalue weighted by atomic mass is 10.00. The van der Waals surface area contributed by atoms with Crippen LogP contribution in [0.1, 0.15) is 30.1 Å². The highest BCUT2D eigenvalue weighted by Gasteiger charge is 2.24. The number of benzene rings is 7. The van der Waals surface area contributed by atoms with Crippen LogP contribution in [-0.4, -0.2) is 16.2 Å². The smallest absolute Gasteiger partial charge is 0.159 e. The fraction of sp³-hybridized carbons (Fsp3) is 0.0588. The highest BCUT2D eigenvalue weighted by Crippen LogP contribution is 2.43. The largest absolute Gasteiger partial charge is 0.344 e. The van der Waals surface area contributed by atoms with Crippen molar-refractivity contribution in [2.24, 2.45) is 9.98 Å². The van der Waals surface area contributed by atoms with Gasteiger partial charge in [-0.25, -0.2) is 9.98 Å². The number of amidine groups is 2. The maximum atomic E-state index is 5.19. The molecule has 4 heterocycles. The first-order valence-electron chi connectivity index (χ1n) is 19.5. The lowest BCUT2D eigenvalue weighted by Crippen LogP contribution is -2.33. The summed E-state index contributed by atoms with van der Waals surface area (Å²) in [5.41, 5.74) is 9.45. The van der Waals surface area contributed by atoms with Gasteiger partial charge in [-0.05, 0) is 72.0 Å². The fourth-order valence-corrected chi connectivity index (χ4v) is 11.2. The summed E-state index contributed by atoms with van der Waals surface area (Å²) in [6.07, 6.45) is 8.49. The summed E-state index contributed by atoms with van der Waals surface area (Å²) in [6.45, 7) is 0. The fourth-order valence-electron chi connectivity index (χ4n) is 8.86. The molecule has 0 amide bonds. The first kappa shape index (κ1) is 32.6. The van der Waals surface area contributed by atoms with Gasteiger partial charge in [-0.3, -0.25) is 0 Å². The van der Waals surface area contributed by atoms with Crippen LogP contribution in [0.15, 0.2) is 185 Å². The van der Waals surface area contributed by atoms with Gasteiger partial charge in [-0.1, -0.05) is 127 Å². The number of allylic oxidation sites excluding steroid dienone is 2. The van der Waals surface area contributed by atoms with Crippen LogP contribution in [0.25, 0.3) is 79.0 Å². The first-order chi connectivity index (χ1) is 28.2. The third kappa shape index (κ3) is 5.25. The van der Waals surface area contributed by atoms with Gasteiger partial charge in [0.15, 0.2) is 5.84 Å². The molecule has 0 saturated carbocycles. The van der Waals surface area contributed by atoms with Crippen molar-refractivity contribution < 1.29 is 0 Å². The van der Waals surface area contributed by atoms with Crippen LogP contribution < -0.4 is 5.32 Å². The summed E-state index contributed by atoms with van der Waals surface area (Å²) in [5.74, 6) is 1.64. The van der Waals surface area contributed by atoms with E-state index >= 15 is 0 Å². The zero-order valence-corrected chi connectivity index (χ0v) is 32.4. The quantitative estimate of drug-likeness (QED) is 0.186. The maximum Gasteiger partial charge on any atom is 0.159 e. The summed E-state index contributed by atoms with van der Waals surface area (Å²) < 4.78 is 7.56. The average Bonchev–Trinajstić information content (AvgIpc) is 3.96. The molecule has 1 aliphatic carbocycles. The average molecular weight is 767 g/mol. The third-order valence-corrected chi connectivity index (χ3v) is 13.7. The third-order valence-electron chi connectivity index (χ3n) is 11.5. The monoisotopic (exact) mass is 766 g/mol. The lowest BCUT2D eigenvalue weighted by molar-refractivity contribution is 0.674. The topological polar surface area (TPSA) is 41.7 Å². The molecule has 0 fully saturated rings. The lowest BCUT2D eigenvalue weighted by Gasteiger charge is -2.24. The Morgan fingerprint density at radius 2 is 1.21 bits per heavy atom. The molecule has 0 saturated heterocycles. The van der Waals surface area contributed by atoms with Crippen molar-refractivity contribution in [2.45, 2.75) is 19.0 Å². The first-order valence-corrected chi connectivity index (χ1v) is 21.1. The zero-order valence-electron chi connectivity index (χ0n) is 30.8. The van der Waals surface area contributed by atoms with E-state index in [0.29, 0.717) is 0 Å². The summed E-state index contributed by atoms with van der Waals surface area (Å²) in [5, 5.41) is 11.3. The van der Waals surface area contributed by atoms with Crippen LogP contribution in [0.3, 0.4) is 0 Å². The van der Waals surface area contributed by atoms with E-state index in [2.05, 4.69) is 180 Å². The number of fused-ring (bicyclic) bond motifs is 9. The normalized spacial score (nSPS) is 15.8. The summed E-state index contributed by atoms with van der Waals surface area (Å²) >= 11 is 3.73. The van der Waals surface area contributed by atoms with Crippen molar-refractivity contribution in [3.05, 3.63) is 187 Å². The van der Waals surface area contributed by atoms with E-state index in [0.717, 1.165) is 41.2 Å². The predicted molar refractivity (Wildman–Crippen MR) is 245 cm³/mol. The molecule has 57 heavy (non-hydrogen) atoms. The van der Waals surface area contributed by atoms with Crippen LogP contribution in [0.2, 0.25) is 0 Å². The Labute approximate surface area is 337 Å². The number of nitrogens with one attached hydrogen (secondary N) is 1. The van der Waals surface area contributed by atoms with E-state index in [4.69, 9.17) is 9.98 Å². The second-order valence-corrected chi connectivity index (χ2v) is 17.0. The van der Waals surface area contributed by atoms with Crippen molar-refractivity contribution in [1.29, 1.82) is 0 Å². The van der Waals surface area contributed by atoms with Crippen LogP contribution in [0.5, 0.6) is 0 Å². The standard InChI is InChI=1S/C51H34N4S2/c1-3-13-31(14-4-1)49-52-50(32-15-5-2-6-16-32)54-51(53-49)39-19-11-23-43-47(39)37-27-25-33(29-45(37)56-43)34-26-28-38-46(30-34)57-44-24-12-22-42(48(38)44)55-40-20-9-7-17-35(40)36-18-8-10-21-41(36)55/h1,3-5,7-30,49H,2,6H2,(H,52,53,54). The Kier molecular flexibility index (Phi) is 7.43. The maximum absolute atomic E-state index is 5.19. The van der Waals surface area contributed by atoms with Crippen molar-refractivity contribution in [3.8, 4) is 16.8 Å². The molecule has 4 nitrogen and oxygen atoms in total.